The number of hydrogen-bond acceptors (Lipinski definition) is 1. The third-order valence-electron chi connectivity index (χ3n) is 3.06. The molecule has 80 valence electrons. The van der Waals surface area contributed by atoms with Gasteiger partial charge in [-0.3, -0.25) is 0 Å². The van der Waals surface area contributed by atoms with Crippen molar-refractivity contribution in [1.82, 2.24) is 4.57 Å². The molecule has 2 rings (SSSR count). The maximum absolute atomic E-state index is 5.54. The molecule has 0 spiro atoms. The molecule has 0 aliphatic rings. The monoisotopic (exact) mass is 202 g/mol. The maximum atomic E-state index is 5.54. The highest BCUT2D eigenvalue weighted by Gasteiger charge is 2.05. The van der Waals surface area contributed by atoms with Gasteiger partial charge in [0, 0.05) is 12.7 Å². The number of nitrogens with zero attached hydrogens (tertiary/aromatic N) is 1. The van der Waals surface area contributed by atoms with Crippen molar-refractivity contribution >= 4 is 10.9 Å². The van der Waals surface area contributed by atoms with Gasteiger partial charge in [-0.15, -0.1) is 0 Å². The van der Waals surface area contributed by atoms with Crippen molar-refractivity contribution in [2.24, 2.45) is 5.73 Å². The van der Waals surface area contributed by atoms with Gasteiger partial charge < -0.3 is 10.3 Å². The van der Waals surface area contributed by atoms with Crippen LogP contribution >= 0.6 is 0 Å². The maximum Gasteiger partial charge on any atom is 0.0512 e. The Hall–Kier alpha value is -1.28. The van der Waals surface area contributed by atoms with Gasteiger partial charge >= 0.3 is 0 Å². The van der Waals surface area contributed by atoms with E-state index in [1.165, 1.54) is 22.0 Å². The lowest BCUT2D eigenvalue weighted by Crippen LogP contribution is -2.05. The largest absolute Gasteiger partial charge is 0.347 e. The summed E-state index contributed by atoms with van der Waals surface area (Å²) in [5.74, 6) is 0. The van der Waals surface area contributed by atoms with Crippen LogP contribution in [0.15, 0.2) is 24.4 Å². The molecule has 0 radical (unpaired) electrons. The molecule has 0 atom stereocenters. The summed E-state index contributed by atoms with van der Waals surface area (Å²) in [4.78, 5) is 0. The van der Waals surface area contributed by atoms with Crippen molar-refractivity contribution in [3.05, 3.63) is 35.5 Å². The van der Waals surface area contributed by atoms with Crippen molar-refractivity contribution in [3.63, 3.8) is 0 Å². The Kier molecular flexibility index (Phi) is 2.78. The predicted molar refractivity (Wildman–Crippen MR) is 65.1 cm³/mol. The normalized spacial score (nSPS) is 11.1. The molecule has 2 N–H and O–H groups in total. The van der Waals surface area contributed by atoms with Crippen LogP contribution in [0.2, 0.25) is 0 Å². The zero-order valence-electron chi connectivity index (χ0n) is 9.46. The zero-order chi connectivity index (χ0) is 10.8. The van der Waals surface area contributed by atoms with E-state index in [4.69, 9.17) is 5.73 Å². The first-order chi connectivity index (χ1) is 7.24. The van der Waals surface area contributed by atoms with E-state index in [0.29, 0.717) is 0 Å². The minimum Gasteiger partial charge on any atom is -0.347 e. The summed E-state index contributed by atoms with van der Waals surface area (Å²) >= 11 is 0. The molecular formula is C13H18N2. The lowest BCUT2D eigenvalue weighted by atomic mass is 10.1. The van der Waals surface area contributed by atoms with Crippen LogP contribution in [0.5, 0.6) is 0 Å². The molecule has 2 heteroatoms. The van der Waals surface area contributed by atoms with E-state index < -0.39 is 0 Å². The second kappa shape index (κ2) is 4.07. The molecule has 0 amide bonds. The molecule has 0 saturated heterocycles. The van der Waals surface area contributed by atoms with Gasteiger partial charge in [-0.25, -0.2) is 0 Å². The SMILES string of the molecule is Cc1ccc2ccn(CCCN)c2c1C. The number of aryl methyl sites for hydroxylation is 3. The topological polar surface area (TPSA) is 30.9 Å². The van der Waals surface area contributed by atoms with Gasteiger partial charge in [0.1, 0.15) is 0 Å². The molecule has 0 aliphatic carbocycles. The van der Waals surface area contributed by atoms with Gasteiger partial charge in [-0.2, -0.15) is 0 Å². The first-order valence-corrected chi connectivity index (χ1v) is 5.49. The summed E-state index contributed by atoms with van der Waals surface area (Å²) < 4.78 is 2.31. The van der Waals surface area contributed by atoms with E-state index in [1.54, 1.807) is 0 Å². The summed E-state index contributed by atoms with van der Waals surface area (Å²) in [6.07, 6.45) is 3.20. The summed E-state index contributed by atoms with van der Waals surface area (Å²) in [5.41, 5.74) is 9.65. The smallest absolute Gasteiger partial charge is 0.0512 e. The van der Waals surface area contributed by atoms with Crippen molar-refractivity contribution in [2.45, 2.75) is 26.8 Å². The van der Waals surface area contributed by atoms with Crippen molar-refractivity contribution in [1.29, 1.82) is 0 Å². The third kappa shape index (κ3) is 1.77. The second-order valence-electron chi connectivity index (χ2n) is 4.10. The van der Waals surface area contributed by atoms with Crippen LogP contribution in [0, 0.1) is 13.8 Å². The fraction of sp³-hybridized carbons (Fsp3) is 0.385. The molecule has 1 heterocycles. The molecule has 0 aliphatic heterocycles. The Morgan fingerprint density at radius 1 is 1.20 bits per heavy atom. The van der Waals surface area contributed by atoms with Gasteiger partial charge in [-0.05, 0) is 49.4 Å². The minimum absolute atomic E-state index is 0.755. The van der Waals surface area contributed by atoms with E-state index in [-0.39, 0.29) is 0 Å². The highest BCUT2D eigenvalue weighted by Crippen LogP contribution is 2.22. The van der Waals surface area contributed by atoms with Crippen LogP contribution in [-0.4, -0.2) is 11.1 Å². The Morgan fingerprint density at radius 2 is 2.00 bits per heavy atom. The van der Waals surface area contributed by atoms with Crippen LogP contribution in [-0.2, 0) is 6.54 Å². The number of nitrogens with two attached hydrogens (primary N) is 1. The molecule has 0 saturated carbocycles. The fourth-order valence-electron chi connectivity index (χ4n) is 2.03. The van der Waals surface area contributed by atoms with E-state index in [2.05, 4.69) is 42.8 Å². The van der Waals surface area contributed by atoms with Gasteiger partial charge in [0.05, 0.1) is 5.52 Å². The first-order valence-electron chi connectivity index (χ1n) is 5.49. The summed E-state index contributed by atoms with van der Waals surface area (Å²) in [7, 11) is 0. The van der Waals surface area contributed by atoms with Crippen LogP contribution < -0.4 is 5.73 Å². The van der Waals surface area contributed by atoms with Crippen molar-refractivity contribution < 1.29 is 0 Å². The Balaban J connectivity index is 2.51. The van der Waals surface area contributed by atoms with Gasteiger partial charge in [0.25, 0.3) is 0 Å². The summed E-state index contributed by atoms with van der Waals surface area (Å²) in [5, 5.41) is 1.33. The zero-order valence-corrected chi connectivity index (χ0v) is 9.46. The number of fused-ring (bicyclic) bond motifs is 1. The number of aromatic nitrogens is 1. The molecular weight excluding hydrogens is 184 g/mol. The van der Waals surface area contributed by atoms with E-state index in [9.17, 15) is 0 Å². The Labute approximate surface area is 90.7 Å². The molecule has 0 fully saturated rings. The average Bonchev–Trinajstić information content (AvgIpc) is 2.64. The fourth-order valence-corrected chi connectivity index (χ4v) is 2.03. The molecule has 2 nitrogen and oxygen atoms in total. The minimum atomic E-state index is 0.755. The Morgan fingerprint density at radius 3 is 2.73 bits per heavy atom. The van der Waals surface area contributed by atoms with E-state index in [0.717, 1.165) is 19.5 Å². The van der Waals surface area contributed by atoms with Crippen LogP contribution in [0.3, 0.4) is 0 Å². The second-order valence-corrected chi connectivity index (χ2v) is 4.10. The highest BCUT2D eigenvalue weighted by atomic mass is 15.0. The van der Waals surface area contributed by atoms with Crippen LogP contribution in [0.25, 0.3) is 10.9 Å². The van der Waals surface area contributed by atoms with Crippen molar-refractivity contribution in [3.8, 4) is 0 Å². The lowest BCUT2D eigenvalue weighted by Gasteiger charge is -2.08. The van der Waals surface area contributed by atoms with E-state index >= 15 is 0 Å². The Bertz CT molecular complexity index is 469. The molecule has 0 bridgehead atoms. The molecule has 2 aromatic rings. The third-order valence-corrected chi connectivity index (χ3v) is 3.06. The molecule has 15 heavy (non-hydrogen) atoms. The summed E-state index contributed by atoms with van der Waals surface area (Å²) in [6.45, 7) is 6.13. The average molecular weight is 202 g/mol. The molecule has 1 aromatic carbocycles. The number of rotatable bonds is 3. The quantitative estimate of drug-likeness (QED) is 0.815. The van der Waals surface area contributed by atoms with Crippen LogP contribution in [0.1, 0.15) is 17.5 Å². The standard InChI is InChI=1S/C13H18N2/c1-10-4-5-12-6-9-15(8-3-7-14)13(12)11(10)2/h4-6,9H,3,7-8,14H2,1-2H3. The highest BCUT2D eigenvalue weighted by molar-refractivity contribution is 5.84. The van der Waals surface area contributed by atoms with Gasteiger partial charge in [0.15, 0.2) is 0 Å². The van der Waals surface area contributed by atoms with Gasteiger partial charge in [0.2, 0.25) is 0 Å². The number of benzene rings is 1. The van der Waals surface area contributed by atoms with Gasteiger partial charge in [-0.1, -0.05) is 12.1 Å². The number of hydrogen-bond donors (Lipinski definition) is 1. The molecule has 1 aromatic heterocycles. The van der Waals surface area contributed by atoms with Crippen LogP contribution in [0.4, 0.5) is 0 Å². The molecule has 0 unspecified atom stereocenters. The predicted octanol–water partition coefficient (Wildman–Crippen LogP) is 2.61. The lowest BCUT2D eigenvalue weighted by molar-refractivity contribution is 0.670. The van der Waals surface area contributed by atoms with E-state index in [1.807, 2.05) is 0 Å². The first kappa shape index (κ1) is 10.2. The summed E-state index contributed by atoms with van der Waals surface area (Å²) in [6, 6.07) is 6.56. The van der Waals surface area contributed by atoms with Crippen molar-refractivity contribution in [2.75, 3.05) is 6.54 Å².